The number of rotatable bonds is 11. The summed E-state index contributed by atoms with van der Waals surface area (Å²) in [5, 5.41) is 6.47. The van der Waals surface area contributed by atoms with E-state index in [1.54, 1.807) is 11.3 Å². The quantitative estimate of drug-likeness (QED) is 0.168. The first-order chi connectivity index (χ1) is 21.6. The van der Waals surface area contributed by atoms with Crippen molar-refractivity contribution < 1.29 is 22.5 Å². The number of ketones is 1. The maximum absolute atomic E-state index is 12.5. The van der Waals surface area contributed by atoms with E-state index in [1.807, 2.05) is 36.4 Å². The highest BCUT2D eigenvalue weighted by atomic mass is 35.5. The van der Waals surface area contributed by atoms with Gasteiger partial charge in [-0.1, -0.05) is 51.8 Å². The number of hydrogen-bond acceptors (Lipinski definition) is 9. The number of carbonyl (C=O) groups excluding carboxylic acids is 1. The third kappa shape index (κ3) is 6.27. The number of halogens is 2. The zero-order valence-corrected chi connectivity index (χ0v) is 28.2. The van der Waals surface area contributed by atoms with Gasteiger partial charge < -0.3 is 14.2 Å². The second-order valence-corrected chi connectivity index (χ2v) is 16.5. The van der Waals surface area contributed by atoms with Crippen LogP contribution in [0.15, 0.2) is 40.9 Å². The molecule has 2 saturated heterocycles. The Balaban J connectivity index is 1.04. The summed E-state index contributed by atoms with van der Waals surface area (Å²) < 4.78 is 38.8. The number of sulfonamides is 1. The Kier molecular flexibility index (Phi) is 8.45. The Labute approximate surface area is 276 Å². The summed E-state index contributed by atoms with van der Waals surface area (Å²) in [4.78, 5) is 19.9. The number of piperidine rings is 1. The molecule has 4 heterocycles. The van der Waals surface area contributed by atoms with Crippen LogP contribution in [0.5, 0.6) is 0 Å². The Bertz CT molecular complexity index is 1840. The molecule has 2 unspecified atom stereocenters. The van der Waals surface area contributed by atoms with Crippen molar-refractivity contribution in [1.29, 1.82) is 0 Å². The molecule has 2 aromatic carbocycles. The predicted octanol–water partition coefficient (Wildman–Crippen LogP) is 6.86. The van der Waals surface area contributed by atoms with Crippen LogP contribution in [0.25, 0.3) is 21.5 Å². The fourth-order valence-corrected chi connectivity index (χ4v) is 9.13. The van der Waals surface area contributed by atoms with E-state index >= 15 is 0 Å². The molecule has 238 valence electrons. The van der Waals surface area contributed by atoms with E-state index in [-0.39, 0.29) is 18.3 Å². The maximum atomic E-state index is 12.5. The van der Waals surface area contributed by atoms with E-state index < -0.39 is 15.8 Å². The van der Waals surface area contributed by atoms with Gasteiger partial charge in [-0.2, -0.15) is 0 Å². The smallest absolute Gasteiger partial charge is 0.220 e. The molecule has 0 amide bonds. The number of Topliss-reactive ketones (excluding diaryl/α,β-unsaturated/α-hetero) is 1. The van der Waals surface area contributed by atoms with Gasteiger partial charge in [0.15, 0.2) is 10.9 Å². The molecule has 2 bridgehead atoms. The summed E-state index contributed by atoms with van der Waals surface area (Å²) in [6, 6.07) is 11.9. The van der Waals surface area contributed by atoms with Gasteiger partial charge in [-0.15, -0.1) is 0 Å². The molecule has 3 atom stereocenters. The molecule has 9 nitrogen and oxygen atoms in total. The van der Waals surface area contributed by atoms with Crippen molar-refractivity contribution in [3.8, 4) is 11.3 Å². The minimum atomic E-state index is -3.58. The first-order valence-corrected chi connectivity index (χ1v) is 18.4. The van der Waals surface area contributed by atoms with Gasteiger partial charge in [0.2, 0.25) is 10.0 Å². The lowest BCUT2D eigenvalue weighted by Crippen LogP contribution is -2.45. The van der Waals surface area contributed by atoms with E-state index in [1.165, 1.54) is 14.1 Å². The SMILES string of the molecule is CN(C)S(=O)(=O)CC(=O)Cc1ccc2nc(N3C4CC[C@H]3CC(OCc3c(-c5c(Cl)cccc5Cl)noc3C3CC3)C4)sc2c1. The van der Waals surface area contributed by atoms with Crippen LogP contribution in [0, 0.1) is 0 Å². The lowest BCUT2D eigenvalue weighted by molar-refractivity contribution is -0.116. The summed E-state index contributed by atoms with van der Waals surface area (Å²) in [5.41, 5.74) is 3.98. The number of benzene rings is 2. The number of thiazole rings is 1. The summed E-state index contributed by atoms with van der Waals surface area (Å²) in [5.74, 6) is 0.426. The fraction of sp³-hybridized carbons (Fsp3) is 0.469. The van der Waals surface area contributed by atoms with Gasteiger partial charge in [0.25, 0.3) is 0 Å². The van der Waals surface area contributed by atoms with Crippen LogP contribution in [-0.2, 0) is 32.6 Å². The molecule has 0 radical (unpaired) electrons. The highest BCUT2D eigenvalue weighted by Gasteiger charge is 2.43. The molecule has 7 rings (SSSR count). The van der Waals surface area contributed by atoms with Crippen molar-refractivity contribution in [2.45, 2.75) is 75.7 Å². The summed E-state index contributed by atoms with van der Waals surface area (Å²) >= 11 is 14.7. The molecule has 0 spiro atoms. The van der Waals surface area contributed by atoms with Crippen LogP contribution >= 0.6 is 34.5 Å². The topological polar surface area (TPSA) is 106 Å². The molecule has 1 saturated carbocycles. The first-order valence-electron chi connectivity index (χ1n) is 15.2. The van der Waals surface area contributed by atoms with E-state index in [9.17, 15) is 13.2 Å². The van der Waals surface area contributed by atoms with Crippen molar-refractivity contribution >= 4 is 65.7 Å². The zero-order valence-electron chi connectivity index (χ0n) is 25.0. The van der Waals surface area contributed by atoms with Gasteiger partial charge in [0.1, 0.15) is 17.2 Å². The standard InChI is InChI=1S/C32H34Cl2N4O5S2/c1-37(2)45(40,41)17-22(39)12-18-6-11-27-28(13-18)44-32(35-27)38-20-9-10-21(38)15-23(14-20)42-16-24-30(36-43-31(24)19-7-8-19)29-25(33)4-3-5-26(29)34/h3-6,11,13,19-21,23H,7-10,12,14-17H2,1-2H3/t20-,21?,23?/m0/s1. The number of nitrogens with zero attached hydrogens (tertiary/aromatic N) is 4. The molecule has 45 heavy (non-hydrogen) atoms. The number of anilines is 1. The average Bonchev–Trinajstić information content (AvgIpc) is 3.51. The Hall–Kier alpha value is -2.54. The lowest BCUT2D eigenvalue weighted by atomic mass is 10.00. The van der Waals surface area contributed by atoms with Gasteiger partial charge in [0.05, 0.1) is 33.0 Å². The molecule has 4 aromatic rings. The molecular weight excluding hydrogens is 655 g/mol. The van der Waals surface area contributed by atoms with Crippen LogP contribution in [0.4, 0.5) is 5.13 Å². The van der Waals surface area contributed by atoms with Crippen LogP contribution < -0.4 is 4.90 Å². The maximum Gasteiger partial charge on any atom is 0.220 e. The molecule has 2 aliphatic heterocycles. The van der Waals surface area contributed by atoms with E-state index in [4.69, 9.17) is 37.4 Å². The molecule has 0 N–H and O–H groups in total. The number of hydrogen-bond donors (Lipinski definition) is 0. The van der Waals surface area contributed by atoms with Gasteiger partial charge in [-0.25, -0.2) is 17.7 Å². The van der Waals surface area contributed by atoms with Gasteiger partial charge >= 0.3 is 0 Å². The van der Waals surface area contributed by atoms with E-state index in [0.29, 0.717) is 45.9 Å². The third-order valence-corrected chi connectivity index (χ3v) is 12.5. The molecule has 13 heteroatoms. The zero-order chi connectivity index (χ0) is 31.5. The summed E-state index contributed by atoms with van der Waals surface area (Å²) in [6.45, 7) is 0.398. The second-order valence-electron chi connectivity index (χ2n) is 12.5. The average molecular weight is 690 g/mol. The van der Waals surface area contributed by atoms with Crippen molar-refractivity contribution in [2.24, 2.45) is 0 Å². The normalized spacial score (nSPS) is 21.7. The highest BCUT2D eigenvalue weighted by Crippen LogP contribution is 2.47. The lowest BCUT2D eigenvalue weighted by Gasteiger charge is -2.38. The predicted molar refractivity (Wildman–Crippen MR) is 177 cm³/mol. The number of fused-ring (bicyclic) bond motifs is 3. The van der Waals surface area contributed by atoms with E-state index in [2.05, 4.69) is 10.1 Å². The molecule has 3 fully saturated rings. The van der Waals surface area contributed by atoms with Crippen molar-refractivity contribution in [2.75, 3.05) is 24.7 Å². The number of aromatic nitrogens is 2. The third-order valence-electron chi connectivity index (χ3n) is 9.08. The highest BCUT2D eigenvalue weighted by molar-refractivity contribution is 7.89. The number of ether oxygens (including phenoxy) is 1. The Morgan fingerprint density at radius 3 is 2.47 bits per heavy atom. The van der Waals surface area contributed by atoms with Gasteiger partial charge in [-0.3, -0.25) is 4.79 Å². The van der Waals surface area contributed by atoms with Crippen LogP contribution in [0.3, 0.4) is 0 Å². The minimum Gasteiger partial charge on any atom is -0.373 e. The first kappa shape index (κ1) is 31.1. The van der Waals surface area contributed by atoms with Crippen molar-refractivity contribution in [1.82, 2.24) is 14.4 Å². The van der Waals surface area contributed by atoms with Crippen molar-refractivity contribution in [3.05, 3.63) is 63.3 Å². The fourth-order valence-electron chi connectivity index (χ4n) is 6.61. The minimum absolute atomic E-state index is 0.0727. The number of carbonyl (C=O) groups is 1. The molecule has 1 aliphatic carbocycles. The summed E-state index contributed by atoms with van der Waals surface area (Å²) in [7, 11) is -0.708. The van der Waals surface area contributed by atoms with Crippen LogP contribution in [0.1, 0.15) is 61.3 Å². The Morgan fingerprint density at radius 2 is 1.80 bits per heavy atom. The van der Waals surface area contributed by atoms with Gasteiger partial charge in [0, 0.05) is 49.6 Å². The van der Waals surface area contributed by atoms with Crippen molar-refractivity contribution in [3.63, 3.8) is 0 Å². The van der Waals surface area contributed by atoms with Gasteiger partial charge in [-0.05, 0) is 68.4 Å². The second kappa shape index (κ2) is 12.2. The monoisotopic (exact) mass is 688 g/mol. The Morgan fingerprint density at radius 1 is 1.09 bits per heavy atom. The largest absolute Gasteiger partial charge is 0.373 e. The molecule has 2 aromatic heterocycles. The molecular formula is C32H34Cl2N4O5S2. The molecule has 3 aliphatic rings. The van der Waals surface area contributed by atoms with E-state index in [0.717, 1.165) is 75.1 Å². The van der Waals surface area contributed by atoms with Crippen LogP contribution in [-0.4, -0.2) is 66.7 Å². The van der Waals surface area contributed by atoms with Crippen LogP contribution in [0.2, 0.25) is 10.0 Å². The summed E-state index contributed by atoms with van der Waals surface area (Å²) in [6.07, 6.45) is 6.31.